The van der Waals surface area contributed by atoms with Gasteiger partial charge in [0, 0.05) is 12.2 Å². The van der Waals surface area contributed by atoms with Crippen molar-refractivity contribution in [3.63, 3.8) is 0 Å². The van der Waals surface area contributed by atoms with E-state index in [4.69, 9.17) is 14.2 Å². The van der Waals surface area contributed by atoms with Crippen molar-refractivity contribution in [2.75, 3.05) is 25.8 Å². The number of nitrogens with zero attached hydrogens (tertiary/aromatic N) is 1. The lowest BCUT2D eigenvalue weighted by atomic mass is 10.1. The summed E-state index contributed by atoms with van der Waals surface area (Å²) in [6.45, 7) is 11.0. The van der Waals surface area contributed by atoms with E-state index >= 15 is 0 Å². The van der Waals surface area contributed by atoms with Crippen LogP contribution in [0.15, 0.2) is 66.7 Å². The molecule has 0 aliphatic rings. The summed E-state index contributed by atoms with van der Waals surface area (Å²) >= 11 is 1.41. The molecule has 7 heteroatoms. The molecule has 6 nitrogen and oxygen atoms in total. The van der Waals surface area contributed by atoms with Gasteiger partial charge in [0.1, 0.15) is 11.5 Å². The van der Waals surface area contributed by atoms with Gasteiger partial charge < -0.3 is 14.2 Å². The van der Waals surface area contributed by atoms with Crippen molar-refractivity contribution in [2.45, 2.75) is 41.0 Å². The van der Waals surface area contributed by atoms with Crippen molar-refractivity contribution in [1.29, 1.82) is 0 Å². The van der Waals surface area contributed by atoms with Crippen LogP contribution in [0.2, 0.25) is 0 Å². The Morgan fingerprint density at radius 1 is 0.889 bits per heavy atom. The lowest BCUT2D eigenvalue weighted by Gasteiger charge is -2.04. The molecule has 0 aliphatic carbocycles. The minimum atomic E-state index is -0.165. The van der Waals surface area contributed by atoms with Gasteiger partial charge in [-0.3, -0.25) is 10.1 Å². The number of carbonyl (C=O) groups excluding carboxylic acids is 1. The Morgan fingerprint density at radius 3 is 2.06 bits per heavy atom. The van der Waals surface area contributed by atoms with Gasteiger partial charge in [-0.25, -0.2) is 4.98 Å². The molecule has 4 rings (SSSR count). The Bertz CT molecular complexity index is 1190. The summed E-state index contributed by atoms with van der Waals surface area (Å²) in [5, 5.41) is 3.41. The maximum atomic E-state index is 12.3. The number of hydrogen-bond acceptors (Lipinski definition) is 6. The molecule has 0 aliphatic heterocycles. The number of ether oxygens (including phenoxy) is 3. The van der Waals surface area contributed by atoms with Gasteiger partial charge in [0.25, 0.3) is 5.91 Å². The Balaban J connectivity index is 0.000000316. The largest absolute Gasteiger partial charge is 0.497 e. The first-order chi connectivity index (χ1) is 17.4. The number of fused-ring (bicyclic) bond motifs is 1. The Labute approximate surface area is 218 Å². The highest BCUT2D eigenvalue weighted by Crippen LogP contribution is 2.29. The number of rotatable bonds is 7. The highest BCUT2D eigenvalue weighted by atomic mass is 32.1. The third-order valence-electron chi connectivity index (χ3n) is 4.66. The van der Waals surface area contributed by atoms with E-state index in [0.717, 1.165) is 27.3 Å². The number of aromatic nitrogens is 1. The molecule has 0 saturated heterocycles. The van der Waals surface area contributed by atoms with Gasteiger partial charge >= 0.3 is 0 Å². The summed E-state index contributed by atoms with van der Waals surface area (Å²) in [7, 11) is 1.67. The van der Waals surface area contributed by atoms with E-state index in [2.05, 4.69) is 31.1 Å². The number of anilines is 1. The van der Waals surface area contributed by atoms with E-state index in [1.807, 2.05) is 68.4 Å². The normalized spacial score (nSPS) is 9.94. The molecule has 1 amide bonds. The van der Waals surface area contributed by atoms with Gasteiger partial charge in [-0.2, -0.15) is 0 Å². The number of methoxy groups -OCH3 is 1. The quantitative estimate of drug-likeness (QED) is 0.205. The van der Waals surface area contributed by atoms with Crippen molar-refractivity contribution in [3.8, 4) is 11.5 Å². The van der Waals surface area contributed by atoms with Crippen molar-refractivity contribution in [3.05, 3.63) is 83.4 Å². The fraction of sp³-hybridized carbons (Fsp3) is 0.310. The molecule has 0 radical (unpaired) electrons. The first kappa shape index (κ1) is 28.8. The number of aryl methyl sites for hydroxylation is 2. The van der Waals surface area contributed by atoms with Crippen LogP contribution in [0.3, 0.4) is 0 Å². The van der Waals surface area contributed by atoms with E-state index in [9.17, 15) is 4.79 Å². The average Bonchev–Trinajstić information content (AvgIpc) is 3.27. The highest BCUT2D eigenvalue weighted by molar-refractivity contribution is 7.22. The molecule has 0 unspecified atom stereocenters. The molecule has 3 aromatic carbocycles. The number of benzene rings is 3. The molecule has 4 aromatic rings. The Hall–Kier alpha value is -3.42. The molecule has 1 N–H and O–H groups in total. The molecular formula is C29H36N2O4S. The molecular weight excluding hydrogens is 472 g/mol. The van der Waals surface area contributed by atoms with Crippen LogP contribution in [-0.4, -0.2) is 31.4 Å². The molecule has 192 valence electrons. The summed E-state index contributed by atoms with van der Waals surface area (Å²) in [5.41, 5.74) is 3.81. The topological polar surface area (TPSA) is 69.7 Å². The summed E-state index contributed by atoms with van der Waals surface area (Å²) in [6.07, 6.45) is 1.25. The summed E-state index contributed by atoms with van der Waals surface area (Å²) in [4.78, 5) is 16.7. The minimum absolute atomic E-state index is 0.165. The van der Waals surface area contributed by atoms with Crippen LogP contribution >= 0.6 is 11.3 Å². The van der Waals surface area contributed by atoms with Crippen molar-refractivity contribution >= 4 is 32.6 Å². The molecule has 1 heterocycles. The first-order valence-electron chi connectivity index (χ1n) is 12.0. The van der Waals surface area contributed by atoms with Gasteiger partial charge in [0.15, 0.2) is 11.9 Å². The monoisotopic (exact) mass is 508 g/mol. The van der Waals surface area contributed by atoms with Crippen molar-refractivity contribution in [1.82, 2.24) is 4.98 Å². The molecule has 0 saturated carbocycles. The zero-order valence-corrected chi connectivity index (χ0v) is 22.8. The van der Waals surface area contributed by atoms with E-state index < -0.39 is 0 Å². The van der Waals surface area contributed by atoms with Crippen LogP contribution in [0.25, 0.3) is 10.2 Å². The minimum Gasteiger partial charge on any atom is -0.497 e. The number of thiazole rings is 1. The number of hydrogen-bond donors (Lipinski definition) is 1. The van der Waals surface area contributed by atoms with Crippen LogP contribution in [-0.2, 0) is 4.74 Å². The maximum absolute atomic E-state index is 12.3. The fourth-order valence-electron chi connectivity index (χ4n) is 2.79. The summed E-state index contributed by atoms with van der Waals surface area (Å²) < 4.78 is 16.6. The molecule has 0 fully saturated rings. The summed E-state index contributed by atoms with van der Waals surface area (Å²) in [5.74, 6) is 1.47. The second-order valence-electron chi connectivity index (χ2n) is 7.95. The summed E-state index contributed by atoms with van der Waals surface area (Å²) in [6, 6.07) is 21.0. The van der Waals surface area contributed by atoms with Crippen molar-refractivity contribution < 1.29 is 19.0 Å². The third kappa shape index (κ3) is 9.68. The van der Waals surface area contributed by atoms with Crippen LogP contribution in [0.1, 0.15) is 48.7 Å². The van der Waals surface area contributed by atoms with E-state index in [-0.39, 0.29) is 12.7 Å². The van der Waals surface area contributed by atoms with Gasteiger partial charge in [0.05, 0.1) is 17.3 Å². The predicted molar refractivity (Wildman–Crippen MR) is 150 cm³/mol. The van der Waals surface area contributed by atoms with Crippen LogP contribution in [0.4, 0.5) is 5.13 Å². The third-order valence-corrected chi connectivity index (χ3v) is 5.60. The van der Waals surface area contributed by atoms with E-state index in [1.165, 1.54) is 23.3 Å². The molecule has 0 atom stereocenters. The SMILES string of the molecule is CCC.CCOCOc1ccc2nc(NC(=O)c3ccc(C)cc3)sc2c1.COc1ccc(C)cc1. The van der Waals surface area contributed by atoms with Gasteiger partial charge in [-0.05, 0) is 63.2 Å². The Morgan fingerprint density at radius 2 is 1.47 bits per heavy atom. The number of nitrogens with one attached hydrogen (secondary N) is 1. The smallest absolute Gasteiger partial charge is 0.257 e. The van der Waals surface area contributed by atoms with E-state index in [0.29, 0.717) is 17.3 Å². The average molecular weight is 509 g/mol. The predicted octanol–water partition coefficient (Wildman–Crippen LogP) is 7.65. The van der Waals surface area contributed by atoms with Gasteiger partial charge in [-0.15, -0.1) is 0 Å². The lowest BCUT2D eigenvalue weighted by Crippen LogP contribution is -2.11. The van der Waals surface area contributed by atoms with Gasteiger partial charge in [0.2, 0.25) is 0 Å². The van der Waals surface area contributed by atoms with Crippen LogP contribution < -0.4 is 14.8 Å². The molecule has 0 spiro atoms. The van der Waals surface area contributed by atoms with Crippen molar-refractivity contribution in [2.24, 2.45) is 0 Å². The highest BCUT2D eigenvalue weighted by Gasteiger charge is 2.10. The fourth-order valence-corrected chi connectivity index (χ4v) is 3.68. The molecule has 0 bridgehead atoms. The number of carbonyl (C=O) groups is 1. The number of amides is 1. The van der Waals surface area contributed by atoms with E-state index in [1.54, 1.807) is 19.2 Å². The Kier molecular flexibility index (Phi) is 12.4. The zero-order chi connectivity index (χ0) is 26.3. The standard InChI is InChI=1S/C18H18N2O3S.C8H10O.C3H8/c1-3-22-11-23-14-8-9-15-16(10-14)24-18(19-15)20-17(21)13-6-4-12(2)5-7-13;1-7-3-5-8(9-2)6-4-7;1-3-2/h4-10H,3,11H2,1-2H3,(H,19,20,21);3-6H,1-2H3;3H2,1-2H3. The zero-order valence-electron chi connectivity index (χ0n) is 22.0. The van der Waals surface area contributed by atoms with Gasteiger partial charge in [-0.1, -0.05) is 67.0 Å². The second kappa shape index (κ2) is 15.5. The maximum Gasteiger partial charge on any atom is 0.257 e. The second-order valence-corrected chi connectivity index (χ2v) is 8.98. The first-order valence-corrected chi connectivity index (χ1v) is 12.8. The van der Waals surface area contributed by atoms with Crippen LogP contribution in [0.5, 0.6) is 11.5 Å². The lowest BCUT2D eigenvalue weighted by molar-refractivity contribution is 0.0225. The molecule has 1 aromatic heterocycles. The van der Waals surface area contributed by atoms with Crippen LogP contribution in [0, 0.1) is 13.8 Å². The molecule has 36 heavy (non-hydrogen) atoms.